The molecule has 0 aliphatic heterocycles. The van der Waals surface area contributed by atoms with Crippen molar-refractivity contribution in [2.75, 3.05) is 0 Å². The number of nitrogens with zero attached hydrogens (tertiary/aromatic N) is 1. The van der Waals surface area contributed by atoms with Crippen LogP contribution in [0.2, 0.25) is 0 Å². The van der Waals surface area contributed by atoms with Crippen LogP contribution in [0.3, 0.4) is 0 Å². The summed E-state index contributed by atoms with van der Waals surface area (Å²) >= 11 is 0. The summed E-state index contributed by atoms with van der Waals surface area (Å²) in [5.41, 5.74) is 5.68. The minimum atomic E-state index is -4.46. The van der Waals surface area contributed by atoms with Gasteiger partial charge >= 0.3 is 6.18 Å². The monoisotopic (exact) mass is 296 g/mol. The van der Waals surface area contributed by atoms with Crippen molar-refractivity contribution < 1.29 is 17.9 Å². The van der Waals surface area contributed by atoms with Crippen LogP contribution >= 0.6 is 0 Å². The van der Waals surface area contributed by atoms with Gasteiger partial charge in [0.15, 0.2) is 0 Å². The molecule has 0 saturated carbocycles. The molecular weight excluding hydrogens is 281 g/mol. The minimum Gasteiger partial charge on any atom is -0.455 e. The Kier molecular flexibility index (Phi) is 4.47. The average Bonchev–Trinajstić information content (AvgIpc) is 2.47. The van der Waals surface area contributed by atoms with Crippen LogP contribution in [-0.4, -0.2) is 4.98 Å². The number of halogens is 3. The van der Waals surface area contributed by atoms with Crippen LogP contribution in [-0.2, 0) is 6.18 Å². The van der Waals surface area contributed by atoms with Crippen LogP contribution in [0.5, 0.6) is 11.5 Å². The molecule has 0 spiro atoms. The maximum Gasteiger partial charge on any atom is 0.419 e. The Morgan fingerprint density at radius 2 is 1.90 bits per heavy atom. The first kappa shape index (κ1) is 15.3. The normalized spacial score (nSPS) is 13.0. The molecule has 0 fully saturated rings. The van der Waals surface area contributed by atoms with E-state index >= 15 is 0 Å². The molecule has 112 valence electrons. The van der Waals surface area contributed by atoms with E-state index in [1.54, 1.807) is 12.1 Å². The molecule has 1 heterocycles. The number of aromatic nitrogens is 1. The molecule has 2 rings (SSSR count). The quantitative estimate of drug-likeness (QED) is 0.915. The molecule has 2 N–H and O–H groups in total. The second-order valence-electron chi connectivity index (χ2n) is 4.53. The number of ether oxygens (including phenoxy) is 1. The molecule has 0 radical (unpaired) electrons. The van der Waals surface area contributed by atoms with Gasteiger partial charge < -0.3 is 10.5 Å². The Balaban J connectivity index is 2.23. The standard InChI is InChI=1S/C15H15F3N2O/c1-2-12(19)13-8-7-10(9-20-13)21-14-6-4-3-5-11(14)15(16,17)18/h3-9,12H,2,19H2,1H3/t12-/m1/s1. The van der Waals surface area contributed by atoms with Gasteiger partial charge in [0.05, 0.1) is 17.5 Å². The number of para-hydroxylation sites is 1. The fourth-order valence-corrected chi connectivity index (χ4v) is 1.80. The van der Waals surface area contributed by atoms with Crippen molar-refractivity contribution in [3.05, 3.63) is 53.9 Å². The third-order valence-electron chi connectivity index (χ3n) is 3.00. The van der Waals surface area contributed by atoms with E-state index in [9.17, 15) is 13.2 Å². The van der Waals surface area contributed by atoms with Crippen molar-refractivity contribution >= 4 is 0 Å². The molecule has 2 aromatic rings. The zero-order valence-electron chi connectivity index (χ0n) is 11.4. The summed E-state index contributed by atoms with van der Waals surface area (Å²) in [4.78, 5) is 4.11. The van der Waals surface area contributed by atoms with Gasteiger partial charge in [-0.1, -0.05) is 19.1 Å². The van der Waals surface area contributed by atoms with Gasteiger partial charge in [-0.2, -0.15) is 13.2 Å². The van der Waals surface area contributed by atoms with E-state index in [0.717, 1.165) is 12.5 Å². The van der Waals surface area contributed by atoms with Gasteiger partial charge in [0.1, 0.15) is 11.5 Å². The smallest absolute Gasteiger partial charge is 0.419 e. The molecule has 21 heavy (non-hydrogen) atoms. The number of alkyl halides is 3. The van der Waals surface area contributed by atoms with Gasteiger partial charge in [-0.05, 0) is 30.7 Å². The Hall–Kier alpha value is -2.08. The SMILES string of the molecule is CC[C@@H](N)c1ccc(Oc2ccccc2C(F)(F)F)cn1. The molecule has 3 nitrogen and oxygen atoms in total. The summed E-state index contributed by atoms with van der Waals surface area (Å²) in [6.07, 6.45) is -2.36. The molecule has 0 aliphatic rings. The van der Waals surface area contributed by atoms with Crippen molar-refractivity contribution in [1.82, 2.24) is 4.98 Å². The highest BCUT2D eigenvalue weighted by atomic mass is 19.4. The molecule has 1 atom stereocenters. The Morgan fingerprint density at radius 3 is 2.48 bits per heavy atom. The third kappa shape index (κ3) is 3.72. The largest absolute Gasteiger partial charge is 0.455 e. The highest BCUT2D eigenvalue weighted by Gasteiger charge is 2.34. The Bertz CT molecular complexity index is 597. The number of pyridine rings is 1. The number of benzene rings is 1. The van der Waals surface area contributed by atoms with Crippen molar-refractivity contribution in [3.63, 3.8) is 0 Å². The molecule has 0 amide bonds. The summed E-state index contributed by atoms with van der Waals surface area (Å²) in [6.45, 7) is 1.93. The second kappa shape index (κ2) is 6.13. The first-order valence-corrected chi connectivity index (χ1v) is 6.47. The zero-order chi connectivity index (χ0) is 15.5. The van der Waals surface area contributed by atoms with E-state index in [2.05, 4.69) is 4.98 Å². The maximum absolute atomic E-state index is 12.9. The minimum absolute atomic E-state index is 0.193. The van der Waals surface area contributed by atoms with E-state index in [-0.39, 0.29) is 17.5 Å². The molecule has 0 saturated heterocycles. The fraction of sp³-hybridized carbons (Fsp3) is 0.267. The van der Waals surface area contributed by atoms with E-state index in [1.165, 1.54) is 24.4 Å². The highest BCUT2D eigenvalue weighted by Crippen LogP contribution is 2.37. The van der Waals surface area contributed by atoms with Crippen LogP contribution < -0.4 is 10.5 Å². The van der Waals surface area contributed by atoms with E-state index in [0.29, 0.717) is 5.69 Å². The van der Waals surface area contributed by atoms with Crippen molar-refractivity contribution in [3.8, 4) is 11.5 Å². The number of nitrogens with two attached hydrogens (primary N) is 1. The van der Waals surface area contributed by atoms with Gasteiger partial charge in [-0.3, -0.25) is 4.98 Å². The summed E-state index contributed by atoms with van der Waals surface area (Å²) in [6, 6.07) is 8.07. The molecular formula is C15H15F3N2O. The molecule has 0 unspecified atom stereocenters. The zero-order valence-corrected chi connectivity index (χ0v) is 11.4. The first-order valence-electron chi connectivity index (χ1n) is 6.47. The van der Waals surface area contributed by atoms with Gasteiger partial charge in [0, 0.05) is 6.04 Å². The molecule has 1 aromatic heterocycles. The van der Waals surface area contributed by atoms with Crippen LogP contribution in [0, 0.1) is 0 Å². The fourth-order valence-electron chi connectivity index (χ4n) is 1.80. The number of hydrogen-bond donors (Lipinski definition) is 1. The summed E-state index contributed by atoms with van der Waals surface area (Å²) < 4.78 is 43.8. The van der Waals surface area contributed by atoms with Gasteiger partial charge in [-0.15, -0.1) is 0 Å². The molecule has 0 bridgehead atoms. The average molecular weight is 296 g/mol. The number of rotatable bonds is 4. The summed E-state index contributed by atoms with van der Waals surface area (Å²) in [5, 5.41) is 0. The molecule has 1 aromatic carbocycles. The Labute approximate surface area is 120 Å². The Morgan fingerprint density at radius 1 is 1.19 bits per heavy atom. The van der Waals surface area contributed by atoms with E-state index in [4.69, 9.17) is 10.5 Å². The third-order valence-corrected chi connectivity index (χ3v) is 3.00. The lowest BCUT2D eigenvalue weighted by atomic mass is 10.1. The lowest BCUT2D eigenvalue weighted by Gasteiger charge is -2.14. The number of hydrogen-bond acceptors (Lipinski definition) is 3. The predicted molar refractivity (Wildman–Crippen MR) is 73.0 cm³/mol. The van der Waals surface area contributed by atoms with Gasteiger partial charge in [0.25, 0.3) is 0 Å². The van der Waals surface area contributed by atoms with Gasteiger partial charge in [-0.25, -0.2) is 0 Å². The van der Waals surface area contributed by atoms with E-state index < -0.39 is 11.7 Å². The summed E-state index contributed by atoms with van der Waals surface area (Å²) in [5.74, 6) is -0.0157. The molecule has 0 aliphatic carbocycles. The lowest BCUT2D eigenvalue weighted by molar-refractivity contribution is -0.138. The van der Waals surface area contributed by atoms with Crippen LogP contribution in [0.1, 0.15) is 30.6 Å². The lowest BCUT2D eigenvalue weighted by Crippen LogP contribution is -2.10. The van der Waals surface area contributed by atoms with Gasteiger partial charge in [0.2, 0.25) is 0 Å². The van der Waals surface area contributed by atoms with Crippen LogP contribution in [0.4, 0.5) is 13.2 Å². The van der Waals surface area contributed by atoms with Crippen LogP contribution in [0.25, 0.3) is 0 Å². The summed E-state index contributed by atoms with van der Waals surface area (Å²) in [7, 11) is 0. The highest BCUT2D eigenvalue weighted by molar-refractivity contribution is 5.39. The topological polar surface area (TPSA) is 48.1 Å². The maximum atomic E-state index is 12.9. The van der Waals surface area contributed by atoms with E-state index in [1.807, 2.05) is 6.92 Å². The van der Waals surface area contributed by atoms with Crippen molar-refractivity contribution in [1.29, 1.82) is 0 Å². The molecule has 6 heteroatoms. The van der Waals surface area contributed by atoms with Crippen LogP contribution in [0.15, 0.2) is 42.6 Å². The van der Waals surface area contributed by atoms with Crippen molar-refractivity contribution in [2.24, 2.45) is 5.73 Å². The second-order valence-corrected chi connectivity index (χ2v) is 4.53. The first-order chi connectivity index (χ1) is 9.91. The predicted octanol–water partition coefficient (Wildman–Crippen LogP) is 4.30. The van der Waals surface area contributed by atoms with Crippen molar-refractivity contribution in [2.45, 2.75) is 25.6 Å².